The molecular weight excluding hydrogens is 220 g/mol. The summed E-state index contributed by atoms with van der Waals surface area (Å²) in [7, 11) is -8.24. The number of hydrogen-bond acceptors (Lipinski definition) is 4. The van der Waals surface area contributed by atoms with Gasteiger partial charge in [-0.25, -0.2) is 0 Å². The van der Waals surface area contributed by atoms with Gasteiger partial charge in [0.05, 0.1) is 11.5 Å². The molecule has 9 heteroatoms. The van der Waals surface area contributed by atoms with Gasteiger partial charge in [-0.2, -0.15) is 16.8 Å². The molecule has 0 aliphatic rings. The van der Waals surface area contributed by atoms with Crippen molar-refractivity contribution >= 4 is 43.3 Å². The highest BCUT2D eigenvalue weighted by molar-refractivity contribution is 7.86. The van der Waals surface area contributed by atoms with E-state index in [1.165, 1.54) is 0 Å². The van der Waals surface area contributed by atoms with Crippen LogP contribution in [0.25, 0.3) is 0 Å². The first-order chi connectivity index (χ1) is 4.71. The topological polar surface area (TPSA) is 109 Å². The SMILES string of the molecule is O=S(=O)(O)CCCS(=O)(=O)O.[Mg]. The lowest BCUT2D eigenvalue weighted by Crippen LogP contribution is -2.10. The molecule has 0 unspecified atom stereocenters. The minimum Gasteiger partial charge on any atom is -0.286 e. The summed E-state index contributed by atoms with van der Waals surface area (Å²) in [5.41, 5.74) is 0. The van der Waals surface area contributed by atoms with Crippen LogP contribution in [-0.4, -0.2) is 60.5 Å². The molecule has 0 saturated heterocycles. The van der Waals surface area contributed by atoms with Gasteiger partial charge in [0, 0.05) is 23.1 Å². The van der Waals surface area contributed by atoms with Crippen molar-refractivity contribution < 1.29 is 25.9 Å². The molecule has 0 aliphatic heterocycles. The molecule has 0 aromatic heterocycles. The predicted octanol–water partition coefficient (Wildman–Crippen LogP) is -1.23. The largest absolute Gasteiger partial charge is 0.286 e. The summed E-state index contributed by atoms with van der Waals surface area (Å²) < 4.78 is 56.2. The second-order valence-electron chi connectivity index (χ2n) is 1.93. The first-order valence-corrected chi connectivity index (χ1v) is 5.83. The van der Waals surface area contributed by atoms with Crippen LogP contribution in [0.15, 0.2) is 0 Å². The maximum Gasteiger partial charge on any atom is 0.264 e. The molecule has 0 amide bonds. The van der Waals surface area contributed by atoms with Gasteiger partial charge in [0.15, 0.2) is 0 Å². The van der Waals surface area contributed by atoms with Crippen LogP contribution in [0.4, 0.5) is 0 Å². The van der Waals surface area contributed by atoms with Gasteiger partial charge < -0.3 is 0 Å². The minimum absolute atomic E-state index is 0. The maximum atomic E-state index is 10.00. The standard InChI is InChI=1S/C3H8O6S2.Mg/c4-10(5,6)2-1-3-11(7,8)9;/h1-3H2,(H,4,5,6)(H,7,8,9);. The van der Waals surface area contributed by atoms with Gasteiger partial charge in [-0.15, -0.1) is 0 Å². The Labute approximate surface area is 87.0 Å². The van der Waals surface area contributed by atoms with E-state index in [1.807, 2.05) is 0 Å². The summed E-state index contributed by atoms with van der Waals surface area (Å²) in [4.78, 5) is 0. The van der Waals surface area contributed by atoms with Crippen LogP contribution in [0.5, 0.6) is 0 Å². The molecule has 0 fully saturated rings. The molecule has 0 saturated carbocycles. The van der Waals surface area contributed by atoms with E-state index in [-0.39, 0.29) is 29.5 Å². The van der Waals surface area contributed by atoms with E-state index < -0.39 is 31.7 Å². The van der Waals surface area contributed by atoms with E-state index >= 15 is 0 Å². The van der Waals surface area contributed by atoms with Crippen molar-refractivity contribution in [1.29, 1.82) is 0 Å². The number of hydrogen-bond donors (Lipinski definition) is 2. The molecule has 70 valence electrons. The molecule has 0 spiro atoms. The van der Waals surface area contributed by atoms with Crippen LogP contribution in [0.1, 0.15) is 6.42 Å². The monoisotopic (exact) mass is 228 g/mol. The summed E-state index contributed by atoms with van der Waals surface area (Å²) in [5.74, 6) is -1.32. The zero-order valence-corrected chi connectivity index (χ0v) is 9.22. The molecule has 0 rings (SSSR count). The second-order valence-corrected chi connectivity index (χ2v) is 5.07. The molecule has 0 aromatic rings. The Hall–Kier alpha value is 0.586. The average Bonchev–Trinajstić information content (AvgIpc) is 1.55. The summed E-state index contributed by atoms with van der Waals surface area (Å²) in [5, 5.41) is 0. The lowest BCUT2D eigenvalue weighted by molar-refractivity contribution is 0.477. The van der Waals surface area contributed by atoms with Gasteiger partial charge in [-0.3, -0.25) is 9.11 Å². The molecule has 0 heterocycles. The molecule has 0 bridgehead atoms. The molecule has 6 nitrogen and oxygen atoms in total. The summed E-state index contributed by atoms with van der Waals surface area (Å²) in [6, 6.07) is 0. The Balaban J connectivity index is 0. The van der Waals surface area contributed by atoms with Crippen LogP contribution >= 0.6 is 0 Å². The van der Waals surface area contributed by atoms with E-state index in [0.29, 0.717) is 0 Å². The highest BCUT2D eigenvalue weighted by Crippen LogP contribution is 1.92. The Morgan fingerprint density at radius 3 is 1.25 bits per heavy atom. The molecule has 0 atom stereocenters. The summed E-state index contributed by atoms with van der Waals surface area (Å²) in [6.45, 7) is 0. The van der Waals surface area contributed by atoms with E-state index in [4.69, 9.17) is 9.11 Å². The normalized spacial score (nSPS) is 12.2. The molecule has 0 aliphatic carbocycles. The average molecular weight is 229 g/mol. The van der Waals surface area contributed by atoms with Gasteiger partial charge in [-0.05, 0) is 6.42 Å². The molecule has 12 heavy (non-hydrogen) atoms. The summed E-state index contributed by atoms with van der Waals surface area (Å²) >= 11 is 0. The Bertz CT molecular complexity index is 270. The fourth-order valence-electron chi connectivity index (χ4n) is 0.424. The molecular formula is C3H8MgO6S2. The van der Waals surface area contributed by atoms with Gasteiger partial charge >= 0.3 is 0 Å². The van der Waals surface area contributed by atoms with Crippen LogP contribution in [0, 0.1) is 0 Å². The maximum absolute atomic E-state index is 10.00. The van der Waals surface area contributed by atoms with E-state index in [9.17, 15) is 16.8 Å². The van der Waals surface area contributed by atoms with Crippen molar-refractivity contribution in [2.45, 2.75) is 6.42 Å². The van der Waals surface area contributed by atoms with Crippen molar-refractivity contribution in [3.8, 4) is 0 Å². The quantitative estimate of drug-likeness (QED) is 0.461. The number of rotatable bonds is 4. The van der Waals surface area contributed by atoms with Crippen molar-refractivity contribution in [2.75, 3.05) is 11.5 Å². The van der Waals surface area contributed by atoms with Crippen LogP contribution in [-0.2, 0) is 20.2 Å². The highest BCUT2D eigenvalue weighted by atomic mass is 32.2. The first kappa shape index (κ1) is 15.1. The van der Waals surface area contributed by atoms with Gasteiger partial charge in [0.2, 0.25) is 0 Å². The Morgan fingerprint density at radius 2 is 1.08 bits per heavy atom. The third-order valence-corrected chi connectivity index (χ3v) is 2.41. The zero-order chi connectivity index (χ0) is 9.12. The Kier molecular flexibility index (Phi) is 6.72. The van der Waals surface area contributed by atoms with E-state index in [0.717, 1.165) is 0 Å². The van der Waals surface area contributed by atoms with Crippen LogP contribution in [0.2, 0.25) is 0 Å². The third kappa shape index (κ3) is 13.2. The zero-order valence-electron chi connectivity index (χ0n) is 6.17. The predicted molar refractivity (Wildman–Crippen MR) is 43.2 cm³/mol. The van der Waals surface area contributed by atoms with Crippen molar-refractivity contribution in [3.05, 3.63) is 0 Å². The fraction of sp³-hybridized carbons (Fsp3) is 1.00. The summed E-state index contributed by atoms with van der Waals surface area (Å²) in [6.07, 6.45) is -0.308. The smallest absolute Gasteiger partial charge is 0.264 e. The van der Waals surface area contributed by atoms with Crippen LogP contribution in [0.3, 0.4) is 0 Å². The minimum atomic E-state index is -4.12. The lowest BCUT2D eigenvalue weighted by Gasteiger charge is -1.94. The van der Waals surface area contributed by atoms with E-state index in [1.54, 1.807) is 0 Å². The van der Waals surface area contributed by atoms with Crippen molar-refractivity contribution in [2.24, 2.45) is 0 Å². The lowest BCUT2D eigenvalue weighted by atomic mass is 10.6. The third-order valence-electron chi connectivity index (χ3n) is 0.805. The van der Waals surface area contributed by atoms with Crippen molar-refractivity contribution in [3.63, 3.8) is 0 Å². The second kappa shape index (κ2) is 5.34. The first-order valence-electron chi connectivity index (χ1n) is 2.61. The molecule has 2 radical (unpaired) electrons. The molecule has 0 aromatic carbocycles. The van der Waals surface area contributed by atoms with Gasteiger partial charge in [0.1, 0.15) is 0 Å². The van der Waals surface area contributed by atoms with Gasteiger partial charge in [0.25, 0.3) is 20.2 Å². The highest BCUT2D eigenvalue weighted by Gasteiger charge is 2.08. The van der Waals surface area contributed by atoms with Crippen LogP contribution < -0.4 is 0 Å². The molecule has 2 N–H and O–H groups in total. The Morgan fingerprint density at radius 1 is 0.833 bits per heavy atom. The van der Waals surface area contributed by atoms with Crippen molar-refractivity contribution in [1.82, 2.24) is 0 Å². The van der Waals surface area contributed by atoms with E-state index in [2.05, 4.69) is 0 Å². The van der Waals surface area contributed by atoms with Gasteiger partial charge in [-0.1, -0.05) is 0 Å². The fourth-order valence-corrected chi connectivity index (χ4v) is 1.62.